The monoisotopic (exact) mass is 209 g/mol. The number of nitrogens with one attached hydrogen (secondary N) is 1. The third-order valence-electron chi connectivity index (χ3n) is 2.58. The van der Waals surface area contributed by atoms with E-state index in [2.05, 4.69) is 19.2 Å². The van der Waals surface area contributed by atoms with Gasteiger partial charge < -0.3 is 9.73 Å². The summed E-state index contributed by atoms with van der Waals surface area (Å²) < 4.78 is 5.02. The Morgan fingerprint density at radius 2 is 2.27 bits per heavy atom. The van der Waals surface area contributed by atoms with Crippen LogP contribution in [-0.4, -0.2) is 11.9 Å². The van der Waals surface area contributed by atoms with E-state index in [4.69, 9.17) is 4.42 Å². The van der Waals surface area contributed by atoms with E-state index in [9.17, 15) is 4.79 Å². The fourth-order valence-corrected chi connectivity index (χ4v) is 1.53. The fourth-order valence-electron chi connectivity index (χ4n) is 1.53. The SMILES string of the molecule is CCC(C)CC(C)NC(=O)c1ccco1. The van der Waals surface area contributed by atoms with Crippen molar-refractivity contribution < 1.29 is 9.21 Å². The van der Waals surface area contributed by atoms with E-state index in [1.165, 1.54) is 6.26 Å². The predicted octanol–water partition coefficient (Wildman–Crippen LogP) is 2.83. The maximum atomic E-state index is 11.6. The lowest BCUT2D eigenvalue weighted by Crippen LogP contribution is -2.33. The second kappa shape index (κ2) is 5.59. The zero-order chi connectivity index (χ0) is 11.3. The Kier molecular flexibility index (Phi) is 4.40. The van der Waals surface area contributed by atoms with Crippen molar-refractivity contribution in [2.45, 2.75) is 39.7 Å². The Morgan fingerprint density at radius 3 is 2.80 bits per heavy atom. The van der Waals surface area contributed by atoms with Gasteiger partial charge in [-0.3, -0.25) is 4.79 Å². The molecule has 1 heterocycles. The molecule has 0 fully saturated rings. The van der Waals surface area contributed by atoms with Crippen LogP contribution in [0.3, 0.4) is 0 Å². The topological polar surface area (TPSA) is 42.2 Å². The molecule has 0 aliphatic heterocycles. The Labute approximate surface area is 90.9 Å². The van der Waals surface area contributed by atoms with E-state index in [-0.39, 0.29) is 11.9 Å². The zero-order valence-electron chi connectivity index (χ0n) is 9.62. The average Bonchev–Trinajstić information content (AvgIpc) is 2.70. The maximum Gasteiger partial charge on any atom is 0.287 e. The number of amides is 1. The molecule has 1 rings (SSSR count). The number of carbonyl (C=O) groups excluding carboxylic acids is 1. The predicted molar refractivity (Wildman–Crippen MR) is 59.7 cm³/mol. The standard InChI is InChI=1S/C12H19NO2/c1-4-9(2)8-10(3)13-12(14)11-6-5-7-15-11/h5-7,9-10H,4,8H2,1-3H3,(H,13,14). The Morgan fingerprint density at radius 1 is 1.53 bits per heavy atom. The van der Waals surface area contributed by atoms with Crippen molar-refractivity contribution in [1.82, 2.24) is 5.32 Å². The van der Waals surface area contributed by atoms with Gasteiger partial charge in [-0.1, -0.05) is 20.3 Å². The third-order valence-corrected chi connectivity index (χ3v) is 2.58. The normalized spacial score (nSPS) is 14.6. The van der Waals surface area contributed by atoms with Gasteiger partial charge in [-0.25, -0.2) is 0 Å². The molecule has 1 N–H and O–H groups in total. The van der Waals surface area contributed by atoms with Crippen molar-refractivity contribution in [2.75, 3.05) is 0 Å². The fraction of sp³-hybridized carbons (Fsp3) is 0.583. The maximum absolute atomic E-state index is 11.6. The Hall–Kier alpha value is -1.25. The minimum atomic E-state index is -0.129. The number of hydrogen-bond acceptors (Lipinski definition) is 2. The second-order valence-electron chi connectivity index (χ2n) is 4.10. The molecule has 0 saturated carbocycles. The molecule has 3 nitrogen and oxygen atoms in total. The van der Waals surface area contributed by atoms with Crippen molar-refractivity contribution in [3.63, 3.8) is 0 Å². The van der Waals surface area contributed by atoms with Gasteiger partial charge in [0.05, 0.1) is 6.26 Å². The lowest BCUT2D eigenvalue weighted by molar-refractivity contribution is 0.0907. The second-order valence-corrected chi connectivity index (χ2v) is 4.10. The summed E-state index contributed by atoms with van der Waals surface area (Å²) >= 11 is 0. The Balaban J connectivity index is 2.38. The van der Waals surface area contributed by atoms with Crippen LogP contribution in [-0.2, 0) is 0 Å². The van der Waals surface area contributed by atoms with Crippen molar-refractivity contribution in [3.8, 4) is 0 Å². The van der Waals surface area contributed by atoms with Gasteiger partial charge in [0, 0.05) is 6.04 Å². The summed E-state index contributed by atoms with van der Waals surface area (Å²) in [6, 6.07) is 3.58. The molecule has 0 aliphatic carbocycles. The Bertz CT molecular complexity index is 293. The highest BCUT2D eigenvalue weighted by molar-refractivity contribution is 5.91. The van der Waals surface area contributed by atoms with Crippen LogP contribution < -0.4 is 5.32 Å². The van der Waals surface area contributed by atoms with Crippen LogP contribution in [0.5, 0.6) is 0 Å². The first-order valence-corrected chi connectivity index (χ1v) is 5.47. The van der Waals surface area contributed by atoms with Gasteiger partial charge in [-0.15, -0.1) is 0 Å². The molecule has 3 heteroatoms. The molecule has 1 aromatic heterocycles. The highest BCUT2D eigenvalue weighted by Crippen LogP contribution is 2.10. The minimum Gasteiger partial charge on any atom is -0.459 e. The highest BCUT2D eigenvalue weighted by Gasteiger charge is 2.13. The minimum absolute atomic E-state index is 0.129. The molecule has 0 radical (unpaired) electrons. The summed E-state index contributed by atoms with van der Waals surface area (Å²) in [5.41, 5.74) is 0. The molecule has 0 aliphatic rings. The smallest absolute Gasteiger partial charge is 0.287 e. The molecule has 0 saturated heterocycles. The van der Waals surface area contributed by atoms with Crippen molar-refractivity contribution in [3.05, 3.63) is 24.2 Å². The van der Waals surface area contributed by atoms with Gasteiger partial charge in [0.1, 0.15) is 0 Å². The molecule has 0 bridgehead atoms. The summed E-state index contributed by atoms with van der Waals surface area (Å²) in [4.78, 5) is 11.6. The lowest BCUT2D eigenvalue weighted by Gasteiger charge is -2.16. The third kappa shape index (κ3) is 3.78. The first kappa shape index (κ1) is 11.8. The zero-order valence-corrected chi connectivity index (χ0v) is 9.62. The van der Waals surface area contributed by atoms with Gasteiger partial charge in [-0.05, 0) is 31.4 Å². The molecule has 1 amide bonds. The number of furan rings is 1. The van der Waals surface area contributed by atoms with Gasteiger partial charge in [-0.2, -0.15) is 0 Å². The number of carbonyl (C=O) groups is 1. The largest absolute Gasteiger partial charge is 0.459 e. The molecular formula is C12H19NO2. The van der Waals surface area contributed by atoms with Crippen LogP contribution in [0.15, 0.2) is 22.8 Å². The van der Waals surface area contributed by atoms with Crippen LogP contribution in [0, 0.1) is 5.92 Å². The van der Waals surface area contributed by atoms with E-state index >= 15 is 0 Å². The van der Waals surface area contributed by atoms with E-state index in [0.717, 1.165) is 12.8 Å². The van der Waals surface area contributed by atoms with Gasteiger partial charge >= 0.3 is 0 Å². The van der Waals surface area contributed by atoms with E-state index < -0.39 is 0 Å². The molecule has 1 aromatic rings. The molecule has 0 aromatic carbocycles. The molecule has 2 atom stereocenters. The summed E-state index contributed by atoms with van der Waals surface area (Å²) in [7, 11) is 0. The molecule has 84 valence electrons. The first-order valence-electron chi connectivity index (χ1n) is 5.47. The van der Waals surface area contributed by atoms with Crippen LogP contribution in [0.2, 0.25) is 0 Å². The van der Waals surface area contributed by atoms with E-state index in [1.54, 1.807) is 12.1 Å². The highest BCUT2D eigenvalue weighted by atomic mass is 16.3. The van der Waals surface area contributed by atoms with Gasteiger partial charge in [0.15, 0.2) is 5.76 Å². The molecule has 2 unspecified atom stereocenters. The van der Waals surface area contributed by atoms with E-state index in [1.807, 2.05) is 6.92 Å². The van der Waals surface area contributed by atoms with Gasteiger partial charge in [0.25, 0.3) is 5.91 Å². The van der Waals surface area contributed by atoms with Crippen LogP contribution in [0.1, 0.15) is 44.2 Å². The first-order chi connectivity index (χ1) is 7.13. The number of rotatable bonds is 5. The lowest BCUT2D eigenvalue weighted by atomic mass is 10.0. The van der Waals surface area contributed by atoms with Crippen LogP contribution >= 0.6 is 0 Å². The van der Waals surface area contributed by atoms with Crippen molar-refractivity contribution in [2.24, 2.45) is 5.92 Å². The van der Waals surface area contributed by atoms with Crippen molar-refractivity contribution in [1.29, 1.82) is 0 Å². The van der Waals surface area contributed by atoms with Crippen LogP contribution in [0.25, 0.3) is 0 Å². The molecular weight excluding hydrogens is 190 g/mol. The van der Waals surface area contributed by atoms with Gasteiger partial charge in [0.2, 0.25) is 0 Å². The number of hydrogen-bond donors (Lipinski definition) is 1. The summed E-state index contributed by atoms with van der Waals surface area (Å²) in [6.45, 7) is 6.37. The quantitative estimate of drug-likeness (QED) is 0.810. The summed E-state index contributed by atoms with van der Waals surface area (Å²) in [5, 5.41) is 2.91. The summed E-state index contributed by atoms with van der Waals surface area (Å²) in [6.07, 6.45) is 3.65. The van der Waals surface area contributed by atoms with E-state index in [0.29, 0.717) is 11.7 Å². The average molecular weight is 209 g/mol. The molecule has 0 spiro atoms. The van der Waals surface area contributed by atoms with Crippen LogP contribution in [0.4, 0.5) is 0 Å². The van der Waals surface area contributed by atoms with Crippen molar-refractivity contribution >= 4 is 5.91 Å². The summed E-state index contributed by atoms with van der Waals surface area (Å²) in [5.74, 6) is 0.888. The molecule has 15 heavy (non-hydrogen) atoms.